The summed E-state index contributed by atoms with van der Waals surface area (Å²) < 4.78 is 5.52. The van der Waals surface area contributed by atoms with Crippen molar-refractivity contribution in [1.29, 1.82) is 0 Å². The molecule has 0 atom stereocenters. The first-order valence-corrected chi connectivity index (χ1v) is 7.15. The van der Waals surface area contributed by atoms with Gasteiger partial charge in [-0.25, -0.2) is 5.48 Å². The first kappa shape index (κ1) is 15.3. The number of hydrogen-bond acceptors (Lipinski definition) is 4. The highest BCUT2D eigenvalue weighted by atomic mass is 16.5. The molecule has 5 heteroatoms. The summed E-state index contributed by atoms with van der Waals surface area (Å²) in [5.74, 6) is 0.0588. The van der Waals surface area contributed by atoms with Crippen LogP contribution in [-0.4, -0.2) is 16.9 Å². The van der Waals surface area contributed by atoms with Gasteiger partial charge in [-0.05, 0) is 25.0 Å². The molecular weight excluding hydrogens is 270 g/mol. The largest absolute Gasteiger partial charge is 0.453 e. The third kappa shape index (κ3) is 4.43. The Morgan fingerprint density at radius 2 is 1.76 bits per heavy atom. The second-order valence-corrected chi connectivity index (χ2v) is 5.02. The number of furan rings is 1. The van der Waals surface area contributed by atoms with Gasteiger partial charge in [-0.2, -0.15) is 0 Å². The minimum absolute atomic E-state index is 0.0132. The van der Waals surface area contributed by atoms with Crippen molar-refractivity contribution < 1.29 is 19.2 Å². The number of carbonyl (C=O) groups excluding carboxylic acids is 2. The Kier molecular flexibility index (Phi) is 5.51. The lowest BCUT2D eigenvalue weighted by Crippen LogP contribution is -2.17. The molecule has 5 nitrogen and oxygen atoms in total. The first-order valence-electron chi connectivity index (χ1n) is 7.15. The third-order valence-electron chi connectivity index (χ3n) is 3.38. The predicted molar refractivity (Wildman–Crippen MR) is 78.2 cm³/mol. The summed E-state index contributed by atoms with van der Waals surface area (Å²) in [6.45, 7) is 0. The van der Waals surface area contributed by atoms with Crippen LogP contribution in [-0.2, 0) is 4.79 Å². The van der Waals surface area contributed by atoms with Gasteiger partial charge in [0.25, 0.3) is 0 Å². The highest BCUT2D eigenvalue weighted by molar-refractivity contribution is 5.97. The molecule has 2 N–H and O–H groups in total. The van der Waals surface area contributed by atoms with Crippen LogP contribution in [0.2, 0.25) is 0 Å². The van der Waals surface area contributed by atoms with Crippen LogP contribution in [0.15, 0.2) is 34.7 Å². The molecule has 2 rings (SSSR count). The van der Waals surface area contributed by atoms with Gasteiger partial charge in [0.1, 0.15) is 5.58 Å². The van der Waals surface area contributed by atoms with Gasteiger partial charge in [0.15, 0.2) is 11.5 Å². The molecule has 0 unspecified atom stereocenters. The molecule has 0 aliphatic heterocycles. The molecule has 0 saturated heterocycles. The Morgan fingerprint density at radius 3 is 2.48 bits per heavy atom. The van der Waals surface area contributed by atoms with E-state index in [-0.39, 0.29) is 11.7 Å². The lowest BCUT2D eigenvalue weighted by Gasteiger charge is -2.00. The number of amides is 1. The lowest BCUT2D eigenvalue weighted by molar-refractivity contribution is -0.129. The van der Waals surface area contributed by atoms with Gasteiger partial charge in [-0.1, -0.05) is 31.0 Å². The number of nitrogens with one attached hydrogen (secondary N) is 1. The van der Waals surface area contributed by atoms with Gasteiger partial charge in [0.2, 0.25) is 5.91 Å². The number of rotatable bonds is 8. The average molecular weight is 289 g/mol. The summed E-state index contributed by atoms with van der Waals surface area (Å²) in [7, 11) is 0. The Morgan fingerprint density at radius 1 is 1.05 bits per heavy atom. The SMILES string of the molecule is O=C(CCCCCCC(=O)c1cc2ccccc2o1)NO. The normalized spacial score (nSPS) is 10.7. The van der Waals surface area contributed by atoms with Crippen molar-refractivity contribution in [3.8, 4) is 0 Å². The molecule has 21 heavy (non-hydrogen) atoms. The molecular formula is C16H19NO4. The topological polar surface area (TPSA) is 79.5 Å². The highest BCUT2D eigenvalue weighted by Gasteiger charge is 2.11. The number of benzene rings is 1. The summed E-state index contributed by atoms with van der Waals surface area (Å²) in [4.78, 5) is 22.8. The van der Waals surface area contributed by atoms with E-state index in [0.29, 0.717) is 25.0 Å². The van der Waals surface area contributed by atoms with Crippen molar-refractivity contribution in [3.05, 3.63) is 36.1 Å². The van der Waals surface area contributed by atoms with Crippen molar-refractivity contribution in [2.24, 2.45) is 0 Å². The van der Waals surface area contributed by atoms with E-state index < -0.39 is 0 Å². The molecule has 1 aromatic carbocycles. The monoisotopic (exact) mass is 289 g/mol. The second-order valence-electron chi connectivity index (χ2n) is 5.02. The number of carbonyl (C=O) groups is 2. The average Bonchev–Trinajstić information content (AvgIpc) is 2.94. The zero-order valence-electron chi connectivity index (χ0n) is 11.8. The number of hydroxylamine groups is 1. The number of ketones is 1. The minimum atomic E-state index is -0.367. The van der Waals surface area contributed by atoms with Crippen LogP contribution in [0.4, 0.5) is 0 Å². The molecule has 0 aliphatic carbocycles. The van der Waals surface area contributed by atoms with Crippen LogP contribution in [0.5, 0.6) is 0 Å². The minimum Gasteiger partial charge on any atom is -0.453 e. The van der Waals surface area contributed by atoms with Gasteiger partial charge in [0.05, 0.1) is 0 Å². The molecule has 2 aromatic rings. The van der Waals surface area contributed by atoms with Gasteiger partial charge in [-0.15, -0.1) is 0 Å². The Balaban J connectivity index is 1.71. The zero-order chi connectivity index (χ0) is 15.1. The predicted octanol–water partition coefficient (Wildman–Crippen LogP) is 3.46. The molecule has 0 saturated carbocycles. The van der Waals surface area contributed by atoms with Crippen LogP contribution in [0.25, 0.3) is 11.0 Å². The molecule has 1 heterocycles. The first-order chi connectivity index (χ1) is 10.2. The van der Waals surface area contributed by atoms with Crippen LogP contribution < -0.4 is 5.48 Å². The van der Waals surface area contributed by atoms with Crippen molar-refractivity contribution >= 4 is 22.7 Å². The van der Waals surface area contributed by atoms with E-state index in [1.165, 1.54) is 0 Å². The molecule has 0 fully saturated rings. The fourth-order valence-electron chi connectivity index (χ4n) is 2.22. The van der Waals surface area contributed by atoms with Gasteiger partial charge in [0, 0.05) is 18.2 Å². The number of Topliss-reactive ketones (excluding diaryl/α,β-unsaturated/α-hetero) is 1. The van der Waals surface area contributed by atoms with E-state index in [1.807, 2.05) is 24.3 Å². The van der Waals surface area contributed by atoms with E-state index in [1.54, 1.807) is 11.5 Å². The Hall–Kier alpha value is -2.14. The van der Waals surface area contributed by atoms with Crippen LogP contribution in [0.3, 0.4) is 0 Å². The number of fused-ring (bicyclic) bond motifs is 1. The van der Waals surface area contributed by atoms with E-state index in [0.717, 1.165) is 30.2 Å². The van der Waals surface area contributed by atoms with E-state index in [4.69, 9.17) is 9.62 Å². The van der Waals surface area contributed by atoms with Crippen molar-refractivity contribution in [2.75, 3.05) is 0 Å². The molecule has 1 amide bonds. The summed E-state index contributed by atoms with van der Waals surface area (Å²) >= 11 is 0. The van der Waals surface area contributed by atoms with Gasteiger partial charge in [-0.3, -0.25) is 14.8 Å². The summed E-state index contributed by atoms with van der Waals surface area (Å²) in [6, 6.07) is 9.33. The van der Waals surface area contributed by atoms with Crippen molar-refractivity contribution in [2.45, 2.75) is 38.5 Å². The lowest BCUT2D eigenvalue weighted by atomic mass is 10.1. The Bertz CT molecular complexity index is 585. The highest BCUT2D eigenvalue weighted by Crippen LogP contribution is 2.20. The Labute approximate surface area is 122 Å². The summed E-state index contributed by atoms with van der Waals surface area (Å²) in [6.07, 6.45) is 3.99. The van der Waals surface area contributed by atoms with Crippen LogP contribution in [0.1, 0.15) is 49.1 Å². The standard InChI is InChI=1S/C16H19NO4/c18-13(8-3-1-2-4-10-16(19)17-20)15-11-12-7-5-6-9-14(12)21-15/h5-7,9,11,20H,1-4,8,10H2,(H,17,19). The van der Waals surface area contributed by atoms with E-state index >= 15 is 0 Å². The quantitative estimate of drug-likeness (QED) is 0.337. The van der Waals surface area contributed by atoms with Gasteiger partial charge < -0.3 is 4.42 Å². The maximum absolute atomic E-state index is 12.0. The number of hydrogen-bond donors (Lipinski definition) is 2. The zero-order valence-corrected chi connectivity index (χ0v) is 11.8. The van der Waals surface area contributed by atoms with Crippen LogP contribution in [0, 0.1) is 0 Å². The van der Waals surface area contributed by atoms with E-state index in [2.05, 4.69) is 0 Å². The fourth-order valence-corrected chi connectivity index (χ4v) is 2.22. The number of unbranched alkanes of at least 4 members (excludes halogenated alkanes) is 3. The smallest absolute Gasteiger partial charge is 0.243 e. The fraction of sp³-hybridized carbons (Fsp3) is 0.375. The second kappa shape index (κ2) is 7.59. The molecule has 0 spiro atoms. The van der Waals surface area contributed by atoms with Crippen molar-refractivity contribution in [1.82, 2.24) is 5.48 Å². The van der Waals surface area contributed by atoms with Crippen LogP contribution >= 0.6 is 0 Å². The molecule has 112 valence electrons. The third-order valence-corrected chi connectivity index (χ3v) is 3.38. The van der Waals surface area contributed by atoms with Crippen molar-refractivity contribution in [3.63, 3.8) is 0 Å². The maximum Gasteiger partial charge on any atom is 0.243 e. The summed E-state index contributed by atoms with van der Waals surface area (Å²) in [5.41, 5.74) is 2.34. The van der Waals surface area contributed by atoms with Gasteiger partial charge >= 0.3 is 0 Å². The number of para-hydroxylation sites is 1. The summed E-state index contributed by atoms with van der Waals surface area (Å²) in [5, 5.41) is 9.28. The molecule has 0 bridgehead atoms. The molecule has 1 aromatic heterocycles. The van der Waals surface area contributed by atoms with E-state index in [9.17, 15) is 9.59 Å². The maximum atomic E-state index is 12.0. The molecule has 0 aliphatic rings. The molecule has 0 radical (unpaired) electrons.